The summed E-state index contributed by atoms with van der Waals surface area (Å²) in [5, 5.41) is 4.93. The second kappa shape index (κ2) is 5.31. The third-order valence-electron chi connectivity index (χ3n) is 3.78. The Kier molecular flexibility index (Phi) is 3.13. The SMILES string of the molecule is COC(=O)c1nn(-c2ccccn2)c2[nH]c3ccccc3c(=O)c12. The summed E-state index contributed by atoms with van der Waals surface area (Å²) in [6.45, 7) is 0. The van der Waals surface area contributed by atoms with Gasteiger partial charge in [-0.05, 0) is 24.3 Å². The van der Waals surface area contributed by atoms with E-state index in [1.54, 1.807) is 42.6 Å². The Morgan fingerprint density at radius 2 is 1.96 bits per heavy atom. The van der Waals surface area contributed by atoms with Crippen molar-refractivity contribution in [2.24, 2.45) is 0 Å². The predicted octanol–water partition coefficient (Wildman–Crippen LogP) is 2.05. The number of hydrogen-bond donors (Lipinski definition) is 1. The van der Waals surface area contributed by atoms with Gasteiger partial charge in [0, 0.05) is 11.6 Å². The topological polar surface area (TPSA) is 89.9 Å². The van der Waals surface area contributed by atoms with Crippen molar-refractivity contribution in [3.8, 4) is 5.82 Å². The number of nitrogens with zero attached hydrogens (tertiary/aromatic N) is 3. The van der Waals surface area contributed by atoms with Crippen LogP contribution in [0.5, 0.6) is 0 Å². The molecule has 7 nitrogen and oxygen atoms in total. The number of aromatic nitrogens is 4. The van der Waals surface area contributed by atoms with E-state index in [4.69, 9.17) is 4.74 Å². The molecule has 0 aliphatic rings. The minimum atomic E-state index is -0.671. The lowest BCUT2D eigenvalue weighted by molar-refractivity contribution is 0.0595. The molecule has 0 saturated heterocycles. The molecule has 0 spiro atoms. The van der Waals surface area contributed by atoms with E-state index < -0.39 is 5.97 Å². The summed E-state index contributed by atoms with van der Waals surface area (Å²) in [5.41, 5.74) is 0.744. The van der Waals surface area contributed by atoms with Crippen LogP contribution >= 0.6 is 0 Å². The first-order chi connectivity index (χ1) is 11.7. The third-order valence-corrected chi connectivity index (χ3v) is 3.78. The van der Waals surface area contributed by atoms with Crippen LogP contribution in [0.25, 0.3) is 27.8 Å². The summed E-state index contributed by atoms with van der Waals surface area (Å²) >= 11 is 0. The van der Waals surface area contributed by atoms with Crippen LogP contribution in [0.1, 0.15) is 10.5 Å². The predicted molar refractivity (Wildman–Crippen MR) is 88.3 cm³/mol. The van der Waals surface area contributed by atoms with Gasteiger partial charge < -0.3 is 9.72 Å². The first-order valence-corrected chi connectivity index (χ1v) is 7.24. The van der Waals surface area contributed by atoms with Gasteiger partial charge in [-0.3, -0.25) is 4.79 Å². The standard InChI is InChI=1S/C17H12N4O3/c1-24-17(23)14-13-15(22)10-6-2-3-7-11(10)19-16(13)21(20-14)12-8-4-5-9-18-12/h2-9H,1H3,(H,19,22). The normalized spacial score (nSPS) is 11.0. The molecule has 3 heterocycles. The molecule has 0 radical (unpaired) electrons. The Labute approximate surface area is 135 Å². The van der Waals surface area contributed by atoms with E-state index in [1.807, 2.05) is 6.07 Å². The van der Waals surface area contributed by atoms with Crippen molar-refractivity contribution in [1.82, 2.24) is 19.7 Å². The lowest BCUT2D eigenvalue weighted by atomic mass is 10.1. The molecule has 0 bridgehead atoms. The molecule has 0 fully saturated rings. The van der Waals surface area contributed by atoms with Gasteiger partial charge in [0.1, 0.15) is 11.0 Å². The van der Waals surface area contributed by atoms with E-state index in [9.17, 15) is 9.59 Å². The molecular weight excluding hydrogens is 308 g/mol. The van der Waals surface area contributed by atoms with Crippen LogP contribution in [0.4, 0.5) is 0 Å². The zero-order valence-electron chi connectivity index (χ0n) is 12.7. The van der Waals surface area contributed by atoms with Crippen LogP contribution in [0.15, 0.2) is 53.5 Å². The number of hydrogen-bond acceptors (Lipinski definition) is 5. The quantitative estimate of drug-likeness (QED) is 0.571. The molecular formula is C17H12N4O3. The molecule has 7 heteroatoms. The number of fused-ring (bicyclic) bond motifs is 2. The molecule has 0 aliphatic carbocycles. The number of esters is 1. The van der Waals surface area contributed by atoms with Crippen LogP contribution in [0, 0.1) is 0 Å². The van der Waals surface area contributed by atoms with Gasteiger partial charge in [0.15, 0.2) is 11.5 Å². The summed E-state index contributed by atoms with van der Waals surface area (Å²) < 4.78 is 6.21. The molecule has 4 aromatic rings. The van der Waals surface area contributed by atoms with E-state index in [0.717, 1.165) is 0 Å². The lowest BCUT2D eigenvalue weighted by Gasteiger charge is -2.03. The first-order valence-electron chi connectivity index (χ1n) is 7.24. The van der Waals surface area contributed by atoms with E-state index in [-0.39, 0.29) is 16.5 Å². The number of carbonyl (C=O) groups excluding carboxylic acids is 1. The number of pyridine rings is 2. The van der Waals surface area contributed by atoms with Crippen molar-refractivity contribution in [1.29, 1.82) is 0 Å². The molecule has 0 aliphatic heterocycles. The maximum absolute atomic E-state index is 12.9. The van der Waals surface area contributed by atoms with Gasteiger partial charge in [-0.15, -0.1) is 0 Å². The minimum Gasteiger partial charge on any atom is -0.464 e. The molecule has 0 atom stereocenters. The van der Waals surface area contributed by atoms with Crippen LogP contribution < -0.4 is 5.43 Å². The number of H-pyrrole nitrogens is 1. The van der Waals surface area contributed by atoms with Crippen LogP contribution in [0.3, 0.4) is 0 Å². The van der Waals surface area contributed by atoms with Gasteiger partial charge in [0.05, 0.1) is 12.6 Å². The summed E-state index contributed by atoms with van der Waals surface area (Å²) in [7, 11) is 1.25. The zero-order chi connectivity index (χ0) is 16.7. The van der Waals surface area contributed by atoms with E-state index in [0.29, 0.717) is 22.4 Å². The van der Waals surface area contributed by atoms with Crippen LogP contribution in [0.2, 0.25) is 0 Å². The van der Waals surface area contributed by atoms with Crippen LogP contribution in [-0.4, -0.2) is 32.8 Å². The summed E-state index contributed by atoms with van der Waals surface area (Å²) in [5.74, 6) is -0.181. The summed E-state index contributed by atoms with van der Waals surface area (Å²) in [6.07, 6.45) is 1.61. The monoisotopic (exact) mass is 320 g/mol. The van der Waals surface area contributed by atoms with E-state index in [2.05, 4.69) is 15.1 Å². The first kappa shape index (κ1) is 14.1. The fourth-order valence-corrected chi connectivity index (χ4v) is 2.69. The Morgan fingerprint density at radius 3 is 2.71 bits per heavy atom. The third kappa shape index (κ3) is 1.98. The lowest BCUT2D eigenvalue weighted by Crippen LogP contribution is -2.09. The van der Waals surface area contributed by atoms with Gasteiger partial charge >= 0.3 is 5.97 Å². The minimum absolute atomic E-state index is 0.0369. The molecule has 0 amide bonds. The highest BCUT2D eigenvalue weighted by molar-refractivity contribution is 6.04. The summed E-state index contributed by atoms with van der Waals surface area (Å²) in [4.78, 5) is 32.4. The number of methoxy groups -OCH3 is 1. The maximum atomic E-state index is 12.9. The van der Waals surface area contributed by atoms with Crippen molar-refractivity contribution < 1.29 is 9.53 Å². The average molecular weight is 320 g/mol. The second-order valence-electron chi connectivity index (χ2n) is 5.16. The molecule has 3 aromatic heterocycles. The molecule has 1 aromatic carbocycles. The van der Waals surface area contributed by atoms with Gasteiger partial charge in [-0.2, -0.15) is 9.78 Å². The molecule has 1 N–H and O–H groups in total. The number of benzene rings is 1. The number of rotatable bonds is 2. The molecule has 4 rings (SSSR count). The van der Waals surface area contributed by atoms with Crippen molar-refractivity contribution in [3.05, 3.63) is 64.6 Å². The maximum Gasteiger partial charge on any atom is 0.359 e. The molecule has 118 valence electrons. The highest BCUT2D eigenvalue weighted by atomic mass is 16.5. The summed E-state index contributed by atoms with van der Waals surface area (Å²) in [6, 6.07) is 12.4. The Bertz CT molecular complexity index is 1130. The van der Waals surface area contributed by atoms with Gasteiger partial charge in [-0.25, -0.2) is 9.78 Å². The van der Waals surface area contributed by atoms with Gasteiger partial charge in [0.2, 0.25) is 5.43 Å². The van der Waals surface area contributed by atoms with Crippen molar-refractivity contribution in [3.63, 3.8) is 0 Å². The van der Waals surface area contributed by atoms with Crippen LogP contribution in [-0.2, 0) is 4.74 Å². The fraction of sp³-hybridized carbons (Fsp3) is 0.0588. The average Bonchev–Trinajstić information content (AvgIpc) is 3.02. The Balaban J connectivity index is 2.18. The smallest absolute Gasteiger partial charge is 0.359 e. The van der Waals surface area contributed by atoms with Crippen molar-refractivity contribution >= 4 is 27.9 Å². The Morgan fingerprint density at radius 1 is 1.17 bits per heavy atom. The Hall–Kier alpha value is -3.48. The molecule has 24 heavy (non-hydrogen) atoms. The van der Waals surface area contributed by atoms with E-state index >= 15 is 0 Å². The van der Waals surface area contributed by atoms with Crippen molar-refractivity contribution in [2.45, 2.75) is 0 Å². The second-order valence-corrected chi connectivity index (χ2v) is 5.16. The number of aromatic amines is 1. The number of ether oxygens (including phenoxy) is 1. The van der Waals surface area contributed by atoms with Gasteiger partial charge in [-0.1, -0.05) is 18.2 Å². The van der Waals surface area contributed by atoms with Crippen molar-refractivity contribution in [2.75, 3.05) is 7.11 Å². The zero-order valence-corrected chi connectivity index (χ0v) is 12.7. The fourth-order valence-electron chi connectivity index (χ4n) is 2.69. The number of nitrogens with one attached hydrogen (secondary N) is 1. The van der Waals surface area contributed by atoms with E-state index in [1.165, 1.54) is 11.8 Å². The molecule has 0 saturated carbocycles. The highest BCUT2D eigenvalue weighted by Crippen LogP contribution is 2.20. The molecule has 0 unspecified atom stereocenters. The number of para-hydroxylation sites is 1. The highest BCUT2D eigenvalue weighted by Gasteiger charge is 2.23. The number of carbonyl (C=O) groups is 1. The largest absolute Gasteiger partial charge is 0.464 e. The van der Waals surface area contributed by atoms with Gasteiger partial charge in [0.25, 0.3) is 0 Å².